The zero-order chi connectivity index (χ0) is 19.6. The smallest absolute Gasteiger partial charge is 0.319 e. The van der Waals surface area contributed by atoms with Gasteiger partial charge in [0.05, 0.1) is 6.04 Å². The lowest BCUT2D eigenvalue weighted by Crippen LogP contribution is -2.36. The Hall–Kier alpha value is -2.60. The molecule has 2 N–H and O–H groups in total. The fourth-order valence-corrected chi connectivity index (χ4v) is 3.17. The molecule has 0 aliphatic rings. The van der Waals surface area contributed by atoms with Crippen LogP contribution in [-0.4, -0.2) is 20.6 Å². The molecule has 7 heteroatoms. The van der Waals surface area contributed by atoms with Gasteiger partial charge in [0, 0.05) is 22.9 Å². The first-order chi connectivity index (χ1) is 12.9. The van der Waals surface area contributed by atoms with Crippen LogP contribution >= 0.6 is 11.6 Å². The first-order valence-corrected chi connectivity index (χ1v) is 9.40. The van der Waals surface area contributed by atoms with Gasteiger partial charge in [0.25, 0.3) is 0 Å². The van der Waals surface area contributed by atoms with E-state index < -0.39 is 0 Å². The molecule has 6 nitrogen and oxygen atoms in total. The van der Waals surface area contributed by atoms with Crippen LogP contribution < -0.4 is 10.6 Å². The Morgan fingerprint density at radius 1 is 1.11 bits per heavy atom. The Balaban J connectivity index is 1.89. The number of rotatable bonds is 5. The van der Waals surface area contributed by atoms with E-state index in [1.165, 1.54) is 0 Å². The summed E-state index contributed by atoms with van der Waals surface area (Å²) < 4.78 is 2.09. The molecule has 0 unspecified atom stereocenters. The zero-order valence-electron chi connectivity index (χ0n) is 15.9. The number of aromatic nitrogens is 3. The molecular weight excluding hydrogens is 362 g/mol. The number of nitrogens with one attached hydrogen (secondary N) is 2. The number of urea groups is 1. The van der Waals surface area contributed by atoms with Gasteiger partial charge in [-0.25, -0.2) is 14.8 Å². The molecule has 0 saturated heterocycles. The van der Waals surface area contributed by atoms with Crippen LogP contribution in [0.2, 0.25) is 5.02 Å². The number of pyridine rings is 1. The number of halogens is 1. The zero-order valence-corrected chi connectivity index (χ0v) is 16.7. The van der Waals surface area contributed by atoms with Crippen molar-refractivity contribution < 1.29 is 4.79 Å². The lowest BCUT2D eigenvalue weighted by atomic mass is 10.0. The molecule has 3 aromatic rings. The van der Waals surface area contributed by atoms with Crippen molar-refractivity contribution >= 4 is 34.5 Å². The lowest BCUT2D eigenvalue weighted by Gasteiger charge is -2.24. The molecule has 0 spiro atoms. The van der Waals surface area contributed by atoms with Gasteiger partial charge < -0.3 is 15.2 Å². The molecule has 2 amide bonds. The van der Waals surface area contributed by atoms with Crippen LogP contribution in [0.3, 0.4) is 0 Å². The van der Waals surface area contributed by atoms with Gasteiger partial charge in [-0.3, -0.25) is 0 Å². The van der Waals surface area contributed by atoms with Crippen LogP contribution in [0.4, 0.5) is 10.5 Å². The van der Waals surface area contributed by atoms with Gasteiger partial charge in [-0.05, 0) is 56.2 Å². The molecule has 0 aliphatic carbocycles. The summed E-state index contributed by atoms with van der Waals surface area (Å²) in [6, 6.07) is 10.4. The summed E-state index contributed by atoms with van der Waals surface area (Å²) in [6.45, 7) is 8.30. The molecule has 0 radical (unpaired) electrons. The average Bonchev–Trinajstić information content (AvgIpc) is 3.00. The summed E-state index contributed by atoms with van der Waals surface area (Å²) in [7, 11) is 0. The molecule has 2 aromatic heterocycles. The number of nitrogens with zero attached hydrogens (tertiary/aromatic N) is 3. The van der Waals surface area contributed by atoms with E-state index in [1.54, 1.807) is 30.5 Å². The maximum atomic E-state index is 12.6. The second kappa shape index (κ2) is 7.96. The number of anilines is 1. The van der Waals surface area contributed by atoms with Gasteiger partial charge in [0.15, 0.2) is 5.65 Å². The second-order valence-electron chi connectivity index (χ2n) is 7.11. The van der Waals surface area contributed by atoms with Gasteiger partial charge in [-0.15, -0.1) is 0 Å². The third-order valence-electron chi connectivity index (χ3n) is 4.33. The summed E-state index contributed by atoms with van der Waals surface area (Å²) in [5, 5.41) is 6.53. The highest BCUT2D eigenvalue weighted by molar-refractivity contribution is 6.30. The van der Waals surface area contributed by atoms with Crippen molar-refractivity contribution in [1.29, 1.82) is 0 Å². The molecule has 142 valence electrons. The Bertz CT molecular complexity index is 933. The van der Waals surface area contributed by atoms with Crippen molar-refractivity contribution in [3.8, 4) is 0 Å². The summed E-state index contributed by atoms with van der Waals surface area (Å²) in [5.74, 6) is 0.954. The number of hydrogen-bond acceptors (Lipinski definition) is 3. The maximum Gasteiger partial charge on any atom is 0.319 e. The van der Waals surface area contributed by atoms with Crippen LogP contribution in [0.1, 0.15) is 45.6 Å². The Labute approximate surface area is 164 Å². The molecule has 2 heterocycles. The third kappa shape index (κ3) is 4.22. The van der Waals surface area contributed by atoms with E-state index >= 15 is 0 Å². The van der Waals surface area contributed by atoms with E-state index in [1.807, 2.05) is 12.1 Å². The molecule has 1 aromatic carbocycles. The van der Waals surface area contributed by atoms with Gasteiger partial charge in [-0.1, -0.05) is 25.4 Å². The van der Waals surface area contributed by atoms with Gasteiger partial charge >= 0.3 is 6.03 Å². The first-order valence-electron chi connectivity index (χ1n) is 9.02. The van der Waals surface area contributed by atoms with Gasteiger partial charge in [0.2, 0.25) is 0 Å². The number of hydrogen-bond donors (Lipinski definition) is 2. The summed E-state index contributed by atoms with van der Waals surface area (Å²) in [5.41, 5.74) is 2.33. The summed E-state index contributed by atoms with van der Waals surface area (Å²) >= 11 is 5.89. The van der Waals surface area contributed by atoms with E-state index in [0.717, 1.165) is 17.0 Å². The number of carbonyl (C=O) groups excluding carboxylic acids is 1. The molecule has 0 bridgehead atoms. The molecule has 1 atom stereocenters. The molecular formula is C20H24ClN5O. The Morgan fingerprint density at radius 3 is 2.44 bits per heavy atom. The number of amides is 2. The average molecular weight is 386 g/mol. The van der Waals surface area contributed by atoms with Crippen LogP contribution in [-0.2, 0) is 0 Å². The van der Waals surface area contributed by atoms with Crippen LogP contribution in [0, 0.1) is 5.92 Å². The quantitative estimate of drug-likeness (QED) is 0.635. The van der Waals surface area contributed by atoms with Crippen molar-refractivity contribution in [1.82, 2.24) is 19.9 Å². The van der Waals surface area contributed by atoms with Crippen molar-refractivity contribution in [2.24, 2.45) is 5.92 Å². The minimum absolute atomic E-state index is 0.148. The SMILES string of the molecule is CC(C)[C@@H](NC(=O)Nc1ccc(Cl)cc1)c1nc2cccnc2n1C(C)C. The van der Waals surface area contributed by atoms with Crippen LogP contribution in [0.5, 0.6) is 0 Å². The number of imidazole rings is 1. The fourth-order valence-electron chi connectivity index (χ4n) is 3.05. The third-order valence-corrected chi connectivity index (χ3v) is 4.58. The number of carbonyl (C=O) groups is 1. The number of fused-ring (bicyclic) bond motifs is 1. The van der Waals surface area contributed by atoms with Crippen molar-refractivity contribution in [2.45, 2.75) is 39.8 Å². The van der Waals surface area contributed by atoms with E-state index in [2.05, 4.69) is 47.9 Å². The van der Waals surface area contributed by atoms with Crippen LogP contribution in [0.25, 0.3) is 11.2 Å². The van der Waals surface area contributed by atoms with Gasteiger partial charge in [0.1, 0.15) is 11.3 Å². The standard InChI is InChI=1S/C20H24ClN5O/c1-12(2)17(25-20(27)23-15-9-7-14(21)8-10-15)19-24-16-6-5-11-22-18(16)26(19)13(3)4/h5-13,17H,1-4H3,(H2,23,25,27)/t17-/m1/s1. The monoisotopic (exact) mass is 385 g/mol. The van der Waals surface area contributed by atoms with Crippen molar-refractivity contribution in [3.63, 3.8) is 0 Å². The van der Waals surface area contributed by atoms with Crippen molar-refractivity contribution in [2.75, 3.05) is 5.32 Å². The summed E-state index contributed by atoms with van der Waals surface area (Å²) in [4.78, 5) is 21.8. The molecule has 0 aliphatic heterocycles. The van der Waals surface area contributed by atoms with E-state index in [0.29, 0.717) is 10.7 Å². The largest absolute Gasteiger partial charge is 0.328 e. The topological polar surface area (TPSA) is 71.8 Å². The predicted molar refractivity (Wildman–Crippen MR) is 109 cm³/mol. The van der Waals surface area contributed by atoms with E-state index in [-0.39, 0.29) is 24.0 Å². The van der Waals surface area contributed by atoms with Gasteiger partial charge in [-0.2, -0.15) is 0 Å². The fraction of sp³-hybridized carbons (Fsp3) is 0.350. The molecule has 0 fully saturated rings. The minimum atomic E-state index is -0.286. The normalized spacial score (nSPS) is 12.6. The maximum absolute atomic E-state index is 12.6. The molecule has 0 saturated carbocycles. The highest BCUT2D eigenvalue weighted by atomic mass is 35.5. The highest BCUT2D eigenvalue weighted by Gasteiger charge is 2.26. The van der Waals surface area contributed by atoms with Crippen LogP contribution in [0.15, 0.2) is 42.6 Å². The Kier molecular flexibility index (Phi) is 5.65. The minimum Gasteiger partial charge on any atom is -0.328 e. The highest BCUT2D eigenvalue weighted by Crippen LogP contribution is 2.28. The lowest BCUT2D eigenvalue weighted by molar-refractivity contribution is 0.243. The van der Waals surface area contributed by atoms with E-state index in [9.17, 15) is 4.79 Å². The van der Waals surface area contributed by atoms with Crippen molar-refractivity contribution in [3.05, 3.63) is 53.4 Å². The molecule has 3 rings (SSSR count). The summed E-state index contributed by atoms with van der Waals surface area (Å²) in [6.07, 6.45) is 1.76. The predicted octanol–water partition coefficient (Wildman–Crippen LogP) is 5.18. The molecule has 27 heavy (non-hydrogen) atoms. The first kappa shape index (κ1) is 19.2. The number of benzene rings is 1. The second-order valence-corrected chi connectivity index (χ2v) is 7.54. The van der Waals surface area contributed by atoms with E-state index in [4.69, 9.17) is 16.6 Å². The Morgan fingerprint density at radius 2 is 1.81 bits per heavy atom.